The molecule has 6 rings (SSSR count). The van der Waals surface area contributed by atoms with E-state index in [2.05, 4.69) is 21.1 Å². The van der Waals surface area contributed by atoms with Crippen molar-refractivity contribution < 1.29 is 34.0 Å². The van der Waals surface area contributed by atoms with Gasteiger partial charge in [-0.1, -0.05) is 90.1 Å². The van der Waals surface area contributed by atoms with E-state index in [1.54, 1.807) is 10.2 Å². The first-order valence-electron chi connectivity index (χ1n) is 21.3. The molecule has 0 amide bonds. The van der Waals surface area contributed by atoms with Crippen LogP contribution in [0.3, 0.4) is 0 Å². The summed E-state index contributed by atoms with van der Waals surface area (Å²) in [5, 5.41) is 35.2. The zero-order chi connectivity index (χ0) is 44.3. The first-order chi connectivity index (χ1) is 28.6. The summed E-state index contributed by atoms with van der Waals surface area (Å²) < 4.78 is 17.8. The van der Waals surface area contributed by atoms with Gasteiger partial charge in [-0.3, -0.25) is 9.59 Å². The topological polar surface area (TPSA) is 158 Å². The monoisotopic (exact) mass is 836 g/mol. The van der Waals surface area contributed by atoms with Crippen LogP contribution in [0, 0.1) is 0 Å². The second kappa shape index (κ2) is 18.0. The van der Waals surface area contributed by atoms with Gasteiger partial charge in [-0.2, -0.15) is 31.3 Å². The van der Waals surface area contributed by atoms with Crippen LogP contribution in [0.25, 0.3) is 0 Å². The van der Waals surface area contributed by atoms with Crippen molar-refractivity contribution in [1.82, 2.24) is 10.9 Å². The molecule has 2 atom stereocenters. The van der Waals surface area contributed by atoms with Crippen LogP contribution in [0.5, 0.6) is 11.5 Å². The Morgan fingerprint density at radius 3 is 1.56 bits per heavy atom. The summed E-state index contributed by atoms with van der Waals surface area (Å²) in [6.07, 6.45) is 17.9. The van der Waals surface area contributed by atoms with Crippen LogP contribution in [0.2, 0.25) is 0 Å². The van der Waals surface area contributed by atoms with Gasteiger partial charge in [-0.15, -0.1) is 0 Å². The number of aryl methyl sites for hydroxylation is 2. The van der Waals surface area contributed by atoms with Gasteiger partial charge in [0.1, 0.15) is 28.5 Å². The van der Waals surface area contributed by atoms with Crippen LogP contribution >= 0.6 is 0 Å². The predicted molar refractivity (Wildman–Crippen MR) is 241 cm³/mol. The molecule has 0 saturated heterocycles. The number of nitrogens with one attached hydrogen (secondary N) is 2. The van der Waals surface area contributed by atoms with Crippen molar-refractivity contribution in [3.63, 3.8) is 0 Å². The van der Waals surface area contributed by atoms with E-state index in [1.807, 2.05) is 142 Å². The summed E-state index contributed by atoms with van der Waals surface area (Å²) >= 11 is 0. The van der Waals surface area contributed by atoms with E-state index in [4.69, 9.17) is 14.2 Å². The smallest absolute Gasteiger partial charge is 0.306 e. The van der Waals surface area contributed by atoms with Gasteiger partial charge in [0.25, 0.3) is 0 Å². The number of carbonyl (C=O) groups excluding carboxylic acids is 2. The summed E-state index contributed by atoms with van der Waals surface area (Å²) in [7, 11) is 0. The largest absolute Gasteiger partial charge is 0.505 e. The lowest BCUT2D eigenvalue weighted by Gasteiger charge is -2.29. The Morgan fingerprint density at radius 1 is 0.639 bits per heavy atom. The van der Waals surface area contributed by atoms with E-state index in [0.717, 1.165) is 33.7 Å². The Morgan fingerprint density at radius 2 is 1.10 bits per heavy atom. The number of phenolic OH excluding ortho intramolecular Hbond substituents is 2. The number of hydrogen-bond donors (Lipinski definition) is 4. The van der Waals surface area contributed by atoms with Crippen molar-refractivity contribution in [3.8, 4) is 11.5 Å². The van der Waals surface area contributed by atoms with Gasteiger partial charge < -0.3 is 24.4 Å². The fraction of sp³-hybridized carbons (Fsp3) is 0.500. The molecule has 328 valence electrons. The van der Waals surface area contributed by atoms with Crippen molar-refractivity contribution in [1.29, 1.82) is 0 Å². The number of aromatic hydroxyl groups is 2. The Balaban J connectivity index is 0.947. The third-order valence-electron chi connectivity index (χ3n) is 11.1. The maximum absolute atomic E-state index is 13.2. The van der Waals surface area contributed by atoms with Gasteiger partial charge in [0.05, 0.1) is 42.3 Å². The molecule has 0 fully saturated rings. The van der Waals surface area contributed by atoms with Crippen LogP contribution in [0.4, 0.5) is 11.4 Å². The van der Waals surface area contributed by atoms with Gasteiger partial charge in [-0.25, -0.2) is 0 Å². The van der Waals surface area contributed by atoms with Crippen LogP contribution in [0.15, 0.2) is 83.1 Å². The Labute approximate surface area is 360 Å². The van der Waals surface area contributed by atoms with E-state index in [-0.39, 0.29) is 65.8 Å². The maximum atomic E-state index is 13.2. The third kappa shape index (κ3) is 11.6. The van der Waals surface area contributed by atoms with Gasteiger partial charge in [0, 0.05) is 36.8 Å². The number of fused-ring (bicyclic) bond motifs is 2. The molecule has 4 N–H and O–H groups in total. The number of hydrogen-bond acceptors (Lipinski definition) is 13. The van der Waals surface area contributed by atoms with E-state index >= 15 is 0 Å². The number of phenols is 2. The van der Waals surface area contributed by atoms with Gasteiger partial charge in [0.2, 0.25) is 0 Å². The third-order valence-corrected chi connectivity index (χ3v) is 11.1. The number of benzene rings is 2. The second-order valence-electron chi connectivity index (χ2n) is 19.5. The fourth-order valence-electron chi connectivity index (χ4n) is 7.41. The lowest BCUT2D eigenvalue weighted by atomic mass is 9.84. The summed E-state index contributed by atoms with van der Waals surface area (Å²) in [6, 6.07) is 7.51. The number of ether oxygens (including phenoxy) is 3. The summed E-state index contributed by atoms with van der Waals surface area (Å²) in [5.74, 6) is -0.333. The molecule has 61 heavy (non-hydrogen) atoms. The molecule has 13 heteroatoms. The fourth-order valence-corrected chi connectivity index (χ4v) is 7.41. The quantitative estimate of drug-likeness (QED) is 0.121. The van der Waals surface area contributed by atoms with Crippen LogP contribution in [-0.4, -0.2) is 70.1 Å². The number of rotatable bonds is 16. The predicted octanol–water partition coefficient (Wildman–Crippen LogP) is 8.05. The molecule has 2 heterocycles. The van der Waals surface area contributed by atoms with Crippen LogP contribution in [0.1, 0.15) is 117 Å². The Bertz CT molecular complexity index is 2170. The van der Waals surface area contributed by atoms with Crippen molar-refractivity contribution in [3.05, 3.63) is 95.1 Å². The molecule has 0 spiro atoms. The van der Waals surface area contributed by atoms with Crippen LogP contribution in [-0.2, 0) is 47.5 Å². The number of nitrogens with zero attached hydrogens (tertiary/aromatic N) is 4. The molecule has 0 saturated carbocycles. The number of allylic oxidation sites excluding steroid dienone is 4. The minimum Gasteiger partial charge on any atom is -0.505 e. The highest BCUT2D eigenvalue weighted by Crippen LogP contribution is 2.42. The highest BCUT2D eigenvalue weighted by molar-refractivity contribution is 6.04. The summed E-state index contributed by atoms with van der Waals surface area (Å²) in [4.78, 5) is 26.1. The molecule has 2 aliphatic heterocycles. The Kier molecular flexibility index (Phi) is 13.4. The van der Waals surface area contributed by atoms with Gasteiger partial charge in [0.15, 0.2) is 0 Å². The maximum Gasteiger partial charge on any atom is 0.306 e. The minimum atomic E-state index is -0.770. The number of hydrazine groups is 2. The molecular formula is C48H64N6O7. The average Bonchev–Trinajstić information content (AvgIpc) is 3.80. The van der Waals surface area contributed by atoms with E-state index in [0.29, 0.717) is 43.7 Å². The lowest BCUT2D eigenvalue weighted by Crippen LogP contribution is -2.37. The SMILES string of the molecule is CC(C)(CCOC(=O)CCc1cc(N2N=C3C=CC=CC3N2)c(O)c(C(C)(C)C)c1)OCCC(C)(C)OC(=O)CCc1cc(N2N=C3C=CC=CC3N2)c(O)c(C(C)(C)C)c1. The molecule has 2 unspecified atom stereocenters. The molecule has 4 aliphatic rings. The van der Waals surface area contributed by atoms with Crippen molar-refractivity contribution in [2.24, 2.45) is 10.2 Å². The normalized spacial score (nSPS) is 18.6. The standard InChI is InChI=1S/C48H64N6O7/c1-45(2,3)33-27-31(29-39(43(33)57)53-49-35-15-11-12-16-36(35)50-53)19-21-41(55)59-25-23-47(7,8)60-26-24-48(9,10)61-42(56)22-20-32-28-34(46(4,5)6)44(58)40(30-32)54-51-37-17-13-14-18-38(37)52-54/h11-18,27-30,35,37,49,51,57-58H,19-26H2,1-10H3. The zero-order valence-electron chi connectivity index (χ0n) is 37.5. The molecule has 0 radical (unpaired) electrons. The molecule has 2 aromatic carbocycles. The molecule has 0 bridgehead atoms. The number of anilines is 2. The molecule has 13 nitrogen and oxygen atoms in total. The molecule has 2 aromatic rings. The minimum absolute atomic E-state index is 0.0693. The van der Waals surface area contributed by atoms with E-state index < -0.39 is 11.2 Å². The summed E-state index contributed by atoms with van der Waals surface area (Å²) in [5.41, 5.74) is 10.7. The van der Waals surface area contributed by atoms with Gasteiger partial charge in [-0.05, 0) is 86.8 Å². The van der Waals surface area contributed by atoms with E-state index in [1.165, 1.54) is 0 Å². The number of hydrazone groups is 2. The van der Waals surface area contributed by atoms with E-state index in [9.17, 15) is 19.8 Å². The first-order valence-corrected chi connectivity index (χ1v) is 21.3. The highest BCUT2D eigenvalue weighted by Gasteiger charge is 2.32. The first kappa shape index (κ1) is 45.3. The number of esters is 2. The number of carbonyl (C=O) groups is 2. The second-order valence-corrected chi connectivity index (χ2v) is 19.5. The van der Waals surface area contributed by atoms with Crippen molar-refractivity contribution >= 4 is 34.7 Å². The average molecular weight is 837 g/mol. The molecular weight excluding hydrogens is 773 g/mol. The molecule has 0 aromatic heterocycles. The lowest BCUT2D eigenvalue weighted by molar-refractivity contribution is -0.159. The van der Waals surface area contributed by atoms with Crippen molar-refractivity contribution in [2.45, 2.75) is 142 Å². The van der Waals surface area contributed by atoms with Gasteiger partial charge >= 0.3 is 11.9 Å². The highest BCUT2D eigenvalue weighted by atomic mass is 16.6. The van der Waals surface area contributed by atoms with Crippen LogP contribution < -0.4 is 21.1 Å². The Hall–Kier alpha value is -5.24. The molecule has 2 aliphatic carbocycles. The van der Waals surface area contributed by atoms with Crippen molar-refractivity contribution in [2.75, 3.05) is 23.4 Å². The summed E-state index contributed by atoms with van der Waals surface area (Å²) in [6.45, 7) is 20.4. The zero-order valence-corrected chi connectivity index (χ0v) is 37.5.